The summed E-state index contributed by atoms with van der Waals surface area (Å²) in [6.07, 6.45) is 2.76. The fourth-order valence-corrected chi connectivity index (χ4v) is 2.49. The molecule has 3 heterocycles. The van der Waals surface area contributed by atoms with Gasteiger partial charge in [0.1, 0.15) is 11.5 Å². The molecule has 0 fully saturated rings. The molecule has 0 spiro atoms. The van der Waals surface area contributed by atoms with E-state index < -0.39 is 10.8 Å². The fourth-order valence-electron chi connectivity index (χ4n) is 2.49. The van der Waals surface area contributed by atoms with Gasteiger partial charge in [-0.25, -0.2) is 10.1 Å². The molecule has 0 aliphatic heterocycles. The van der Waals surface area contributed by atoms with Crippen molar-refractivity contribution in [1.29, 1.82) is 0 Å². The van der Waals surface area contributed by atoms with Gasteiger partial charge in [0.25, 0.3) is 11.6 Å². The predicted octanol–water partition coefficient (Wildman–Crippen LogP) is 1.16. The van der Waals surface area contributed by atoms with Gasteiger partial charge in [-0.05, 0) is 34.6 Å². The van der Waals surface area contributed by atoms with Gasteiger partial charge in [-0.3, -0.25) is 14.9 Å². The Balaban J connectivity index is 1.73. The number of nitrogen functional groups attached to an aromatic ring is 1. The molecule has 0 aliphatic carbocycles. The van der Waals surface area contributed by atoms with Crippen LogP contribution < -0.4 is 11.2 Å². The molecule has 14 nitrogen and oxygen atoms in total. The highest BCUT2D eigenvalue weighted by Gasteiger charge is 2.25. The molecule has 0 saturated heterocycles. The van der Waals surface area contributed by atoms with E-state index in [1.807, 2.05) is 0 Å². The zero-order chi connectivity index (χ0) is 21.1. The van der Waals surface area contributed by atoms with E-state index in [9.17, 15) is 14.9 Å². The van der Waals surface area contributed by atoms with E-state index in [0.717, 1.165) is 4.68 Å². The summed E-state index contributed by atoms with van der Waals surface area (Å²) >= 11 is 0. The Kier molecular flexibility index (Phi) is 4.70. The van der Waals surface area contributed by atoms with Gasteiger partial charge in [-0.1, -0.05) is 5.21 Å². The van der Waals surface area contributed by atoms with Crippen LogP contribution in [0.15, 0.2) is 56.8 Å². The van der Waals surface area contributed by atoms with Crippen LogP contribution >= 0.6 is 0 Å². The predicted molar refractivity (Wildman–Crippen MR) is 99.5 cm³/mol. The number of hydrazone groups is 1. The minimum Gasteiger partial charge on any atom is -0.463 e. The molecule has 14 heteroatoms. The second kappa shape index (κ2) is 7.63. The van der Waals surface area contributed by atoms with Crippen molar-refractivity contribution >= 4 is 23.6 Å². The molecule has 3 N–H and O–H groups in total. The van der Waals surface area contributed by atoms with Crippen LogP contribution in [-0.2, 0) is 0 Å². The molecule has 4 rings (SSSR count). The fraction of sp³-hybridized carbons (Fsp3) is 0. The number of carbonyl (C=O) groups is 1. The van der Waals surface area contributed by atoms with Gasteiger partial charge in [-0.15, -0.1) is 5.10 Å². The Morgan fingerprint density at radius 1 is 1.27 bits per heavy atom. The SMILES string of the molecule is Nc1nonc1-n1nnc(C(=O)N/N=C/c2ccco2)c1-c1ccc([N+](=O)[O-])cc1. The third-order valence-electron chi connectivity index (χ3n) is 3.83. The van der Waals surface area contributed by atoms with Gasteiger partial charge < -0.3 is 10.2 Å². The lowest BCUT2D eigenvalue weighted by Crippen LogP contribution is -2.19. The van der Waals surface area contributed by atoms with Crippen LogP contribution in [0.3, 0.4) is 0 Å². The second-order valence-corrected chi connectivity index (χ2v) is 5.69. The first kappa shape index (κ1) is 18.5. The first-order chi connectivity index (χ1) is 14.5. The molecule has 3 aromatic heterocycles. The van der Waals surface area contributed by atoms with Crippen LogP contribution in [0.1, 0.15) is 16.2 Å². The number of anilines is 1. The zero-order valence-electron chi connectivity index (χ0n) is 14.9. The van der Waals surface area contributed by atoms with Crippen LogP contribution in [0, 0.1) is 10.1 Å². The Morgan fingerprint density at radius 3 is 2.70 bits per heavy atom. The van der Waals surface area contributed by atoms with Crippen molar-refractivity contribution in [3.8, 4) is 17.1 Å². The number of non-ortho nitro benzene ring substituents is 1. The minimum absolute atomic E-state index is 0.00557. The molecule has 0 aliphatic rings. The van der Waals surface area contributed by atoms with Crippen LogP contribution in [0.2, 0.25) is 0 Å². The Morgan fingerprint density at radius 2 is 2.07 bits per heavy atom. The number of nitrogens with one attached hydrogen (secondary N) is 1. The molecule has 0 bridgehead atoms. The number of rotatable bonds is 6. The van der Waals surface area contributed by atoms with Gasteiger partial charge in [0.05, 0.1) is 17.4 Å². The van der Waals surface area contributed by atoms with E-state index >= 15 is 0 Å². The third-order valence-corrected chi connectivity index (χ3v) is 3.83. The monoisotopic (exact) mass is 409 g/mol. The zero-order valence-corrected chi connectivity index (χ0v) is 14.9. The number of nitro groups is 1. The van der Waals surface area contributed by atoms with Gasteiger partial charge >= 0.3 is 0 Å². The van der Waals surface area contributed by atoms with Crippen molar-refractivity contribution in [3.05, 3.63) is 64.2 Å². The van der Waals surface area contributed by atoms with Crippen LogP contribution in [0.5, 0.6) is 0 Å². The summed E-state index contributed by atoms with van der Waals surface area (Å²) in [4.78, 5) is 23.0. The van der Waals surface area contributed by atoms with Crippen molar-refractivity contribution in [3.63, 3.8) is 0 Å². The van der Waals surface area contributed by atoms with Crippen molar-refractivity contribution in [2.75, 3.05) is 5.73 Å². The van der Waals surface area contributed by atoms with Gasteiger partial charge in [0.15, 0.2) is 5.69 Å². The highest BCUT2D eigenvalue weighted by molar-refractivity contribution is 5.98. The largest absolute Gasteiger partial charge is 0.463 e. The molecule has 0 unspecified atom stereocenters. The Labute approximate surface area is 166 Å². The number of furan rings is 1. The summed E-state index contributed by atoms with van der Waals surface area (Å²) in [5, 5.41) is 29.6. The average Bonchev–Trinajstić information content (AvgIpc) is 3.48. The molecule has 1 amide bonds. The summed E-state index contributed by atoms with van der Waals surface area (Å²) in [6.45, 7) is 0. The number of hydrogen-bond donors (Lipinski definition) is 2. The highest BCUT2D eigenvalue weighted by Crippen LogP contribution is 2.28. The summed E-state index contributed by atoms with van der Waals surface area (Å²) < 4.78 is 10.8. The maximum Gasteiger partial charge on any atom is 0.294 e. The van der Waals surface area contributed by atoms with Gasteiger partial charge in [0.2, 0.25) is 11.6 Å². The normalized spacial score (nSPS) is 11.1. The topological polar surface area (TPSA) is 193 Å². The Hall–Kier alpha value is -4.88. The van der Waals surface area contributed by atoms with Gasteiger partial charge in [-0.2, -0.15) is 9.78 Å². The summed E-state index contributed by atoms with van der Waals surface area (Å²) in [5.74, 6) is -0.372. The number of benzene rings is 1. The van der Waals surface area contributed by atoms with Crippen LogP contribution in [0.4, 0.5) is 11.5 Å². The van der Waals surface area contributed by atoms with E-state index in [1.54, 1.807) is 12.1 Å². The maximum absolute atomic E-state index is 12.6. The van der Waals surface area contributed by atoms with Crippen molar-refractivity contribution in [2.45, 2.75) is 0 Å². The molecule has 1 aromatic carbocycles. The Bertz CT molecular complexity index is 1220. The number of aromatic nitrogens is 5. The van der Waals surface area contributed by atoms with Crippen molar-refractivity contribution < 1.29 is 18.8 Å². The number of nitrogens with zero attached hydrogens (tertiary/aromatic N) is 7. The molecular weight excluding hydrogens is 398 g/mol. The van der Waals surface area contributed by atoms with E-state index in [2.05, 4.69) is 35.8 Å². The molecule has 0 radical (unpaired) electrons. The average molecular weight is 409 g/mol. The quantitative estimate of drug-likeness (QED) is 0.265. The van der Waals surface area contributed by atoms with E-state index in [1.165, 1.54) is 36.7 Å². The third kappa shape index (κ3) is 3.47. The van der Waals surface area contributed by atoms with Crippen LogP contribution in [-0.4, -0.2) is 42.4 Å². The number of nitrogens with two attached hydrogens (primary N) is 1. The molecule has 30 heavy (non-hydrogen) atoms. The lowest BCUT2D eigenvalue weighted by atomic mass is 10.1. The smallest absolute Gasteiger partial charge is 0.294 e. The summed E-state index contributed by atoms with van der Waals surface area (Å²) in [5.41, 5.74) is 8.30. The first-order valence-electron chi connectivity index (χ1n) is 8.20. The standard InChI is InChI=1S/C16H11N9O5/c17-14-15(22-30-21-14)24-13(9-3-5-10(6-4-9)25(27)28)12(19-23-24)16(26)20-18-8-11-2-1-7-29-11/h1-8H,(H2,17,21)(H,20,26)/b18-8+. The lowest BCUT2D eigenvalue weighted by molar-refractivity contribution is -0.384. The second-order valence-electron chi connectivity index (χ2n) is 5.69. The first-order valence-corrected chi connectivity index (χ1v) is 8.20. The maximum atomic E-state index is 12.6. The molecule has 4 aromatic rings. The van der Waals surface area contributed by atoms with Crippen LogP contribution in [0.25, 0.3) is 17.1 Å². The van der Waals surface area contributed by atoms with Crippen molar-refractivity contribution in [2.24, 2.45) is 5.10 Å². The number of carbonyl (C=O) groups excluding carboxylic acids is 1. The molecular formula is C16H11N9O5. The number of hydrogen-bond acceptors (Lipinski definition) is 11. The lowest BCUT2D eigenvalue weighted by Gasteiger charge is -2.05. The number of nitro benzene ring substituents is 1. The van der Waals surface area contributed by atoms with Gasteiger partial charge in [0, 0.05) is 17.7 Å². The minimum atomic E-state index is -0.701. The van der Waals surface area contributed by atoms with Crippen molar-refractivity contribution in [1.82, 2.24) is 30.7 Å². The molecule has 150 valence electrons. The van der Waals surface area contributed by atoms with E-state index in [0.29, 0.717) is 11.3 Å². The molecule has 0 atom stereocenters. The summed E-state index contributed by atoms with van der Waals surface area (Å²) in [7, 11) is 0. The van der Waals surface area contributed by atoms with E-state index in [4.69, 9.17) is 10.2 Å². The molecule has 0 saturated carbocycles. The summed E-state index contributed by atoms with van der Waals surface area (Å²) in [6, 6.07) is 8.72. The van der Waals surface area contributed by atoms with E-state index in [-0.39, 0.29) is 28.7 Å². The highest BCUT2D eigenvalue weighted by atomic mass is 16.6. The number of amides is 1.